The second kappa shape index (κ2) is 2.78. The summed E-state index contributed by atoms with van der Waals surface area (Å²) in [6.07, 6.45) is 2.86. The predicted octanol–water partition coefficient (Wildman–Crippen LogP) is -0.176. The van der Waals surface area contributed by atoms with E-state index in [0.717, 1.165) is 0 Å². The third-order valence-corrected chi connectivity index (χ3v) is 1.61. The zero-order chi connectivity index (χ0) is 9.26. The normalized spacial score (nSPS) is 15.5. The average molecular weight is 178 g/mol. The molecule has 2 rings (SSSR count). The van der Waals surface area contributed by atoms with E-state index < -0.39 is 11.8 Å². The van der Waals surface area contributed by atoms with E-state index in [4.69, 9.17) is 4.42 Å². The number of furan rings is 1. The van der Waals surface area contributed by atoms with Gasteiger partial charge in [-0.25, -0.2) is 0 Å². The molecule has 1 saturated heterocycles. The fraction of sp³-hybridized carbons (Fsp3) is 0. The van der Waals surface area contributed by atoms with Gasteiger partial charge in [0, 0.05) is 0 Å². The zero-order valence-electron chi connectivity index (χ0n) is 6.53. The van der Waals surface area contributed by atoms with E-state index in [-0.39, 0.29) is 5.57 Å². The van der Waals surface area contributed by atoms with E-state index in [0.29, 0.717) is 5.76 Å². The molecule has 0 aliphatic carbocycles. The molecule has 0 unspecified atom stereocenters. The number of hydrogen-bond acceptors (Lipinski definition) is 3. The SMILES string of the molecule is O=C1NNC(=O)C1=Cc1ccco1. The summed E-state index contributed by atoms with van der Waals surface area (Å²) in [7, 11) is 0. The first-order chi connectivity index (χ1) is 6.27. The Bertz CT molecular complexity index is 360. The molecule has 1 aliphatic rings. The summed E-state index contributed by atoms with van der Waals surface area (Å²) in [5.41, 5.74) is 4.42. The van der Waals surface area contributed by atoms with Gasteiger partial charge in [-0.15, -0.1) is 0 Å². The van der Waals surface area contributed by atoms with Crippen LogP contribution in [0.25, 0.3) is 6.08 Å². The van der Waals surface area contributed by atoms with Gasteiger partial charge in [0.1, 0.15) is 11.3 Å². The number of carbonyl (C=O) groups is 2. The summed E-state index contributed by atoms with van der Waals surface area (Å²) < 4.78 is 4.96. The maximum atomic E-state index is 11.0. The highest BCUT2D eigenvalue weighted by molar-refractivity contribution is 6.25. The molecule has 0 atom stereocenters. The van der Waals surface area contributed by atoms with Gasteiger partial charge in [-0.1, -0.05) is 0 Å². The highest BCUT2D eigenvalue weighted by Crippen LogP contribution is 2.09. The van der Waals surface area contributed by atoms with Crippen LogP contribution in [-0.4, -0.2) is 11.8 Å². The van der Waals surface area contributed by atoms with Crippen molar-refractivity contribution in [3.05, 3.63) is 29.7 Å². The second-order valence-electron chi connectivity index (χ2n) is 2.48. The lowest BCUT2D eigenvalue weighted by atomic mass is 10.2. The molecule has 0 spiro atoms. The zero-order valence-corrected chi connectivity index (χ0v) is 6.53. The molecule has 5 nitrogen and oxygen atoms in total. The van der Waals surface area contributed by atoms with E-state index in [1.165, 1.54) is 12.3 Å². The maximum Gasteiger partial charge on any atom is 0.275 e. The molecule has 0 aromatic carbocycles. The van der Waals surface area contributed by atoms with Gasteiger partial charge in [0.05, 0.1) is 6.26 Å². The second-order valence-corrected chi connectivity index (χ2v) is 2.48. The van der Waals surface area contributed by atoms with Crippen molar-refractivity contribution in [2.45, 2.75) is 0 Å². The molecule has 2 N–H and O–H groups in total. The van der Waals surface area contributed by atoms with Gasteiger partial charge in [0.2, 0.25) is 0 Å². The Morgan fingerprint density at radius 1 is 1.23 bits per heavy atom. The first-order valence-corrected chi connectivity index (χ1v) is 3.63. The van der Waals surface area contributed by atoms with Crippen LogP contribution in [0.2, 0.25) is 0 Å². The summed E-state index contributed by atoms with van der Waals surface area (Å²) in [6.45, 7) is 0. The lowest BCUT2D eigenvalue weighted by molar-refractivity contribution is -0.117. The Morgan fingerprint density at radius 3 is 2.46 bits per heavy atom. The predicted molar refractivity (Wildman–Crippen MR) is 43.0 cm³/mol. The van der Waals surface area contributed by atoms with Crippen LogP contribution in [0.15, 0.2) is 28.4 Å². The molecule has 0 bridgehead atoms. The molecular formula is C8H6N2O3. The highest BCUT2D eigenvalue weighted by atomic mass is 16.3. The monoisotopic (exact) mass is 178 g/mol. The lowest BCUT2D eigenvalue weighted by Crippen LogP contribution is -2.28. The van der Waals surface area contributed by atoms with E-state index in [9.17, 15) is 9.59 Å². The molecule has 1 aliphatic heterocycles. The molecule has 66 valence electrons. The summed E-state index contributed by atoms with van der Waals surface area (Å²) in [4.78, 5) is 22.0. The van der Waals surface area contributed by atoms with Crippen molar-refractivity contribution in [3.8, 4) is 0 Å². The minimum Gasteiger partial charge on any atom is -0.465 e. The van der Waals surface area contributed by atoms with Crippen LogP contribution in [-0.2, 0) is 9.59 Å². The third kappa shape index (κ3) is 1.31. The van der Waals surface area contributed by atoms with Crippen molar-refractivity contribution in [2.24, 2.45) is 0 Å². The van der Waals surface area contributed by atoms with E-state index in [1.54, 1.807) is 12.1 Å². The topological polar surface area (TPSA) is 71.3 Å². The Labute approximate surface area is 73.4 Å². The molecule has 13 heavy (non-hydrogen) atoms. The molecule has 0 radical (unpaired) electrons. The number of nitrogens with one attached hydrogen (secondary N) is 2. The smallest absolute Gasteiger partial charge is 0.275 e. The molecule has 1 fully saturated rings. The van der Waals surface area contributed by atoms with E-state index >= 15 is 0 Å². The van der Waals surface area contributed by atoms with E-state index in [2.05, 4.69) is 10.9 Å². The molecule has 2 heterocycles. The van der Waals surface area contributed by atoms with Crippen molar-refractivity contribution in [3.63, 3.8) is 0 Å². The molecule has 1 aromatic heterocycles. The Morgan fingerprint density at radius 2 is 1.92 bits per heavy atom. The summed E-state index contributed by atoms with van der Waals surface area (Å²) in [5.74, 6) is -0.412. The van der Waals surface area contributed by atoms with Crippen LogP contribution in [0.3, 0.4) is 0 Å². The Balaban J connectivity index is 2.34. The van der Waals surface area contributed by atoms with Gasteiger partial charge in [-0.2, -0.15) is 0 Å². The van der Waals surface area contributed by atoms with Gasteiger partial charge in [-0.3, -0.25) is 20.4 Å². The Hall–Kier alpha value is -2.04. The number of amides is 2. The fourth-order valence-electron chi connectivity index (χ4n) is 0.998. The van der Waals surface area contributed by atoms with Crippen molar-refractivity contribution < 1.29 is 14.0 Å². The van der Waals surface area contributed by atoms with Crippen LogP contribution in [0.1, 0.15) is 5.76 Å². The van der Waals surface area contributed by atoms with Crippen molar-refractivity contribution in [2.75, 3.05) is 0 Å². The van der Waals surface area contributed by atoms with Crippen LogP contribution in [0.4, 0.5) is 0 Å². The van der Waals surface area contributed by atoms with Crippen LogP contribution in [0.5, 0.6) is 0 Å². The van der Waals surface area contributed by atoms with Gasteiger partial charge >= 0.3 is 0 Å². The summed E-state index contributed by atoms with van der Waals surface area (Å²) in [5, 5.41) is 0. The largest absolute Gasteiger partial charge is 0.465 e. The van der Waals surface area contributed by atoms with Gasteiger partial charge in [-0.05, 0) is 18.2 Å². The standard InChI is InChI=1S/C8H6N2O3/c11-7-6(8(12)10-9-7)4-5-2-1-3-13-5/h1-4H,(H,9,11)(H,10,12). The summed E-state index contributed by atoms with van der Waals surface area (Å²) >= 11 is 0. The molecule has 5 heteroatoms. The van der Waals surface area contributed by atoms with Gasteiger partial charge in [0.25, 0.3) is 11.8 Å². The number of hydrazine groups is 1. The Kier molecular flexibility index (Phi) is 1.63. The van der Waals surface area contributed by atoms with E-state index in [1.807, 2.05) is 0 Å². The fourth-order valence-corrected chi connectivity index (χ4v) is 0.998. The highest BCUT2D eigenvalue weighted by Gasteiger charge is 2.25. The molecule has 1 aromatic rings. The lowest BCUT2D eigenvalue weighted by Gasteiger charge is -1.86. The van der Waals surface area contributed by atoms with Crippen LogP contribution < -0.4 is 10.9 Å². The van der Waals surface area contributed by atoms with Crippen molar-refractivity contribution >= 4 is 17.9 Å². The minimum atomic E-state index is -0.443. The van der Waals surface area contributed by atoms with Crippen LogP contribution >= 0.6 is 0 Å². The van der Waals surface area contributed by atoms with Crippen LogP contribution in [0, 0.1) is 0 Å². The van der Waals surface area contributed by atoms with Gasteiger partial charge < -0.3 is 4.42 Å². The molecule has 2 amide bonds. The first kappa shape index (κ1) is 7.60. The minimum absolute atomic E-state index is 0.0509. The quantitative estimate of drug-likeness (QED) is 0.463. The van der Waals surface area contributed by atoms with Crippen molar-refractivity contribution in [1.29, 1.82) is 0 Å². The average Bonchev–Trinajstić information content (AvgIpc) is 2.70. The molecular weight excluding hydrogens is 172 g/mol. The first-order valence-electron chi connectivity index (χ1n) is 3.63. The van der Waals surface area contributed by atoms with Gasteiger partial charge in [0.15, 0.2) is 0 Å². The summed E-state index contributed by atoms with van der Waals surface area (Å²) in [6, 6.07) is 3.34. The third-order valence-electron chi connectivity index (χ3n) is 1.61. The number of hydrogen-bond donors (Lipinski definition) is 2. The number of rotatable bonds is 1. The maximum absolute atomic E-state index is 11.0. The van der Waals surface area contributed by atoms with Crippen molar-refractivity contribution in [1.82, 2.24) is 10.9 Å². The molecule has 0 saturated carbocycles. The number of carbonyl (C=O) groups excluding carboxylic acids is 2.